The zero-order valence-electron chi connectivity index (χ0n) is 18.1. The molecule has 0 spiro atoms. The van der Waals surface area contributed by atoms with Crippen LogP contribution in [0.25, 0.3) is 11.1 Å². The van der Waals surface area contributed by atoms with E-state index < -0.39 is 0 Å². The minimum Gasteiger partial charge on any atom is -0.496 e. The molecule has 0 fully saturated rings. The Morgan fingerprint density at radius 3 is 2.52 bits per heavy atom. The third kappa shape index (κ3) is 4.00. The predicted octanol–water partition coefficient (Wildman–Crippen LogP) is 4.42. The number of carbonyl (C=O) groups excluding carboxylic acids is 2. The molecule has 0 saturated heterocycles. The number of hydrogen-bond donors (Lipinski definition) is 0. The second-order valence-corrected chi connectivity index (χ2v) is 8.31. The van der Waals surface area contributed by atoms with Crippen molar-refractivity contribution in [1.82, 2.24) is 0 Å². The number of ether oxygens (including phenoxy) is 2. The molecule has 2 aromatic rings. The molecule has 0 N–H and O–H groups in total. The number of anilines is 1. The van der Waals surface area contributed by atoms with Crippen molar-refractivity contribution in [3.05, 3.63) is 47.0 Å². The van der Waals surface area contributed by atoms with Gasteiger partial charge in [-0.05, 0) is 53.8 Å². The van der Waals surface area contributed by atoms with Gasteiger partial charge in [-0.3, -0.25) is 9.59 Å². The van der Waals surface area contributed by atoms with Gasteiger partial charge in [0.05, 0.1) is 14.2 Å². The zero-order valence-corrected chi connectivity index (χ0v) is 18.1. The molecule has 1 amide bonds. The van der Waals surface area contributed by atoms with E-state index >= 15 is 0 Å². The third-order valence-electron chi connectivity index (χ3n) is 5.80. The van der Waals surface area contributed by atoms with Gasteiger partial charge in [-0.25, -0.2) is 0 Å². The number of aryl methyl sites for hydroxylation is 2. The van der Waals surface area contributed by atoms with Crippen LogP contribution in [0.3, 0.4) is 0 Å². The normalized spacial score (nSPS) is 15.1. The Labute approximate surface area is 172 Å². The number of nitrogens with zero attached hydrogens (tertiary/aromatic N) is 1. The highest BCUT2D eigenvalue weighted by atomic mass is 16.5. The maximum absolute atomic E-state index is 12.5. The highest BCUT2D eigenvalue weighted by Gasteiger charge is 2.35. The number of rotatable bonds is 5. The van der Waals surface area contributed by atoms with Crippen molar-refractivity contribution in [3.8, 4) is 16.9 Å². The Morgan fingerprint density at radius 2 is 1.86 bits per heavy atom. The van der Waals surface area contributed by atoms with E-state index in [9.17, 15) is 9.59 Å². The molecule has 29 heavy (non-hydrogen) atoms. The van der Waals surface area contributed by atoms with Crippen LogP contribution < -0.4 is 9.64 Å². The number of methoxy groups -OCH3 is 2. The summed E-state index contributed by atoms with van der Waals surface area (Å²) in [7, 11) is 4.89. The molecule has 0 aromatic heterocycles. The monoisotopic (exact) mass is 395 g/mol. The number of esters is 1. The van der Waals surface area contributed by atoms with Gasteiger partial charge in [-0.15, -0.1) is 0 Å². The van der Waals surface area contributed by atoms with Crippen LogP contribution in [0.15, 0.2) is 30.3 Å². The SMILES string of the molecule is COC(=O)CCc1ccc(OC)c(-c2cc3c(cc2C)C(C)(C)CC(=O)N3C)c1. The van der Waals surface area contributed by atoms with Crippen molar-refractivity contribution in [2.75, 3.05) is 26.2 Å². The van der Waals surface area contributed by atoms with E-state index in [2.05, 4.69) is 39.0 Å². The molecule has 0 bridgehead atoms. The van der Waals surface area contributed by atoms with Gasteiger partial charge < -0.3 is 14.4 Å². The van der Waals surface area contributed by atoms with E-state index in [4.69, 9.17) is 9.47 Å². The number of carbonyl (C=O) groups is 2. The number of fused-ring (bicyclic) bond motifs is 1. The highest BCUT2D eigenvalue weighted by Crippen LogP contribution is 2.44. The fourth-order valence-corrected chi connectivity index (χ4v) is 4.00. The van der Waals surface area contributed by atoms with Gasteiger partial charge in [0.2, 0.25) is 5.91 Å². The van der Waals surface area contributed by atoms with Gasteiger partial charge in [0.15, 0.2) is 0 Å². The number of benzene rings is 2. The lowest BCUT2D eigenvalue weighted by Gasteiger charge is -2.37. The number of amides is 1. The smallest absolute Gasteiger partial charge is 0.305 e. The molecule has 0 atom stereocenters. The highest BCUT2D eigenvalue weighted by molar-refractivity contribution is 5.98. The standard InChI is InChI=1S/C24H29NO4/c1-15-11-19-20(25(4)22(26)14-24(19,2)3)13-17(15)18-12-16(7-9-21(18)28-5)8-10-23(27)29-6/h7,9,11-13H,8,10,14H2,1-6H3. The largest absolute Gasteiger partial charge is 0.496 e. The summed E-state index contributed by atoms with van der Waals surface area (Å²) in [6.07, 6.45) is 1.43. The van der Waals surface area contributed by atoms with E-state index in [0.29, 0.717) is 19.3 Å². The third-order valence-corrected chi connectivity index (χ3v) is 5.80. The molecular weight excluding hydrogens is 366 g/mol. The Hall–Kier alpha value is -2.82. The van der Waals surface area contributed by atoms with Crippen LogP contribution in [-0.2, 0) is 26.2 Å². The van der Waals surface area contributed by atoms with E-state index in [1.165, 1.54) is 12.7 Å². The van der Waals surface area contributed by atoms with Gasteiger partial charge in [0.25, 0.3) is 0 Å². The molecule has 0 unspecified atom stereocenters. The summed E-state index contributed by atoms with van der Waals surface area (Å²) >= 11 is 0. The van der Waals surface area contributed by atoms with Crippen LogP contribution >= 0.6 is 0 Å². The quantitative estimate of drug-likeness (QED) is 0.703. The maximum Gasteiger partial charge on any atom is 0.305 e. The van der Waals surface area contributed by atoms with Crippen molar-refractivity contribution < 1.29 is 19.1 Å². The van der Waals surface area contributed by atoms with Crippen molar-refractivity contribution in [1.29, 1.82) is 0 Å². The Morgan fingerprint density at radius 1 is 1.14 bits per heavy atom. The second-order valence-electron chi connectivity index (χ2n) is 8.31. The summed E-state index contributed by atoms with van der Waals surface area (Å²) in [4.78, 5) is 25.8. The lowest BCUT2D eigenvalue weighted by atomic mass is 9.76. The molecule has 2 aromatic carbocycles. The van der Waals surface area contributed by atoms with Crippen molar-refractivity contribution in [2.45, 2.75) is 45.4 Å². The summed E-state index contributed by atoms with van der Waals surface area (Å²) in [5.41, 5.74) is 6.07. The van der Waals surface area contributed by atoms with E-state index in [-0.39, 0.29) is 17.3 Å². The molecule has 1 heterocycles. The minimum absolute atomic E-state index is 0.121. The van der Waals surface area contributed by atoms with Gasteiger partial charge >= 0.3 is 5.97 Å². The molecular formula is C24H29NO4. The summed E-state index contributed by atoms with van der Waals surface area (Å²) in [6.45, 7) is 6.32. The van der Waals surface area contributed by atoms with Crippen LogP contribution in [-0.4, -0.2) is 33.1 Å². The summed E-state index contributed by atoms with van der Waals surface area (Å²) in [5.74, 6) is 0.657. The molecule has 0 aliphatic carbocycles. The zero-order chi connectivity index (χ0) is 21.3. The molecule has 154 valence electrons. The first-order valence-corrected chi connectivity index (χ1v) is 9.83. The minimum atomic E-state index is -0.227. The van der Waals surface area contributed by atoms with Crippen LogP contribution in [0.5, 0.6) is 5.75 Å². The van der Waals surface area contributed by atoms with Gasteiger partial charge in [-0.2, -0.15) is 0 Å². The number of hydrogen-bond acceptors (Lipinski definition) is 4. The van der Waals surface area contributed by atoms with Crippen LogP contribution in [0, 0.1) is 6.92 Å². The fraction of sp³-hybridized carbons (Fsp3) is 0.417. The van der Waals surface area contributed by atoms with Gasteiger partial charge in [0, 0.05) is 36.6 Å². The van der Waals surface area contributed by atoms with Crippen LogP contribution in [0.4, 0.5) is 5.69 Å². The molecule has 0 radical (unpaired) electrons. The van der Waals surface area contributed by atoms with Crippen molar-refractivity contribution >= 4 is 17.6 Å². The average molecular weight is 395 g/mol. The first-order valence-electron chi connectivity index (χ1n) is 9.83. The second kappa shape index (κ2) is 7.90. The van der Waals surface area contributed by atoms with E-state index in [1.807, 2.05) is 19.2 Å². The lowest BCUT2D eigenvalue weighted by molar-refractivity contribution is -0.140. The molecule has 3 rings (SSSR count). The first kappa shape index (κ1) is 20.9. The summed E-state index contributed by atoms with van der Waals surface area (Å²) < 4.78 is 10.4. The molecule has 1 aliphatic rings. The molecule has 1 aliphatic heterocycles. The van der Waals surface area contributed by atoms with Gasteiger partial charge in [-0.1, -0.05) is 26.0 Å². The molecule has 0 saturated carbocycles. The molecule has 5 nitrogen and oxygen atoms in total. The van der Waals surface area contributed by atoms with Gasteiger partial charge in [0.1, 0.15) is 5.75 Å². The van der Waals surface area contributed by atoms with Crippen LogP contribution in [0.2, 0.25) is 0 Å². The van der Waals surface area contributed by atoms with E-state index in [1.54, 1.807) is 12.0 Å². The molecule has 5 heteroatoms. The Kier molecular flexibility index (Phi) is 5.69. The predicted molar refractivity (Wildman–Crippen MR) is 115 cm³/mol. The fourth-order valence-electron chi connectivity index (χ4n) is 4.00. The Bertz CT molecular complexity index is 962. The first-order chi connectivity index (χ1) is 13.7. The Balaban J connectivity index is 2.11. The average Bonchev–Trinajstić information content (AvgIpc) is 2.69. The summed E-state index contributed by atoms with van der Waals surface area (Å²) in [6, 6.07) is 10.2. The topological polar surface area (TPSA) is 55.8 Å². The maximum atomic E-state index is 12.5. The van der Waals surface area contributed by atoms with E-state index in [0.717, 1.165) is 33.7 Å². The van der Waals surface area contributed by atoms with Crippen LogP contribution in [0.1, 0.15) is 43.4 Å². The van der Waals surface area contributed by atoms with Crippen molar-refractivity contribution in [3.63, 3.8) is 0 Å². The lowest BCUT2D eigenvalue weighted by Crippen LogP contribution is -2.39. The van der Waals surface area contributed by atoms with Crippen molar-refractivity contribution in [2.24, 2.45) is 0 Å². The summed E-state index contributed by atoms with van der Waals surface area (Å²) in [5, 5.41) is 0.